The number of nitrogens with zero attached hydrogens (tertiary/aromatic N) is 5. The van der Waals surface area contributed by atoms with E-state index >= 15 is 0 Å². The van der Waals surface area contributed by atoms with Crippen LogP contribution in [-0.2, 0) is 13.6 Å². The molecule has 7 nitrogen and oxygen atoms in total. The van der Waals surface area contributed by atoms with Gasteiger partial charge in [0.2, 0.25) is 0 Å². The van der Waals surface area contributed by atoms with Crippen LogP contribution in [0.3, 0.4) is 0 Å². The van der Waals surface area contributed by atoms with Crippen LogP contribution in [0.1, 0.15) is 29.8 Å². The lowest BCUT2D eigenvalue weighted by atomic mass is 9.85. The topological polar surface area (TPSA) is 85.8 Å². The molecule has 0 radical (unpaired) electrons. The molecule has 1 aliphatic rings. The first-order valence-electron chi connectivity index (χ1n) is 6.31. The summed E-state index contributed by atoms with van der Waals surface area (Å²) in [4.78, 5) is 11.2. The Bertz CT molecular complexity index is 611. The van der Waals surface area contributed by atoms with Crippen molar-refractivity contribution in [3.8, 4) is 11.3 Å². The van der Waals surface area contributed by atoms with E-state index in [9.17, 15) is 9.90 Å². The van der Waals surface area contributed by atoms with Gasteiger partial charge in [-0.25, -0.2) is 9.48 Å². The summed E-state index contributed by atoms with van der Waals surface area (Å²) in [6.45, 7) is 0.727. The molecule has 1 fully saturated rings. The maximum Gasteiger partial charge on any atom is 0.358 e. The SMILES string of the molecule is Cn1cc(-c2c(C(=O)O)nnn2CC2CCC2)cn1. The second-order valence-corrected chi connectivity index (χ2v) is 4.97. The zero-order valence-electron chi connectivity index (χ0n) is 10.7. The van der Waals surface area contributed by atoms with Crippen molar-refractivity contribution in [2.75, 3.05) is 0 Å². The largest absolute Gasteiger partial charge is 0.476 e. The molecule has 0 bridgehead atoms. The van der Waals surface area contributed by atoms with Crippen LogP contribution in [0.2, 0.25) is 0 Å². The van der Waals surface area contributed by atoms with E-state index in [1.165, 1.54) is 19.3 Å². The van der Waals surface area contributed by atoms with E-state index < -0.39 is 5.97 Å². The van der Waals surface area contributed by atoms with Crippen LogP contribution in [0.15, 0.2) is 12.4 Å². The van der Waals surface area contributed by atoms with Gasteiger partial charge in [-0.3, -0.25) is 4.68 Å². The number of carboxylic acids is 1. The van der Waals surface area contributed by atoms with Crippen molar-refractivity contribution in [1.29, 1.82) is 0 Å². The third-order valence-corrected chi connectivity index (χ3v) is 3.57. The van der Waals surface area contributed by atoms with E-state index in [4.69, 9.17) is 0 Å². The predicted octanol–water partition coefficient (Wildman–Crippen LogP) is 1.18. The monoisotopic (exact) mass is 261 g/mol. The number of carbonyl (C=O) groups is 1. The average Bonchev–Trinajstić information content (AvgIpc) is 2.89. The molecule has 0 unspecified atom stereocenters. The number of aryl methyl sites for hydroxylation is 1. The van der Waals surface area contributed by atoms with E-state index in [0.717, 1.165) is 12.1 Å². The molecular formula is C12H15N5O2. The fourth-order valence-electron chi connectivity index (χ4n) is 2.33. The summed E-state index contributed by atoms with van der Waals surface area (Å²) in [6, 6.07) is 0. The smallest absolute Gasteiger partial charge is 0.358 e. The van der Waals surface area contributed by atoms with Gasteiger partial charge in [0.1, 0.15) is 5.69 Å². The Morgan fingerprint density at radius 3 is 2.84 bits per heavy atom. The first kappa shape index (κ1) is 11.9. The van der Waals surface area contributed by atoms with Crippen LogP contribution in [0.4, 0.5) is 0 Å². The highest BCUT2D eigenvalue weighted by atomic mass is 16.4. The van der Waals surface area contributed by atoms with Gasteiger partial charge in [-0.1, -0.05) is 11.6 Å². The van der Waals surface area contributed by atoms with Crippen molar-refractivity contribution < 1.29 is 9.90 Å². The highest BCUT2D eigenvalue weighted by molar-refractivity contribution is 5.92. The third kappa shape index (κ3) is 2.11. The van der Waals surface area contributed by atoms with Crippen molar-refractivity contribution in [3.05, 3.63) is 18.1 Å². The fourth-order valence-corrected chi connectivity index (χ4v) is 2.33. The van der Waals surface area contributed by atoms with Crippen molar-refractivity contribution in [3.63, 3.8) is 0 Å². The molecule has 1 N–H and O–H groups in total. The van der Waals surface area contributed by atoms with Crippen LogP contribution in [0, 0.1) is 5.92 Å². The molecule has 1 saturated carbocycles. The van der Waals surface area contributed by atoms with E-state index in [-0.39, 0.29) is 5.69 Å². The Labute approximate surface area is 109 Å². The van der Waals surface area contributed by atoms with Gasteiger partial charge in [-0.05, 0) is 18.8 Å². The molecule has 0 aromatic carbocycles. The number of aromatic nitrogens is 5. The first-order chi connectivity index (χ1) is 9.15. The van der Waals surface area contributed by atoms with E-state index in [0.29, 0.717) is 11.6 Å². The molecule has 1 aliphatic carbocycles. The number of hydrogen-bond acceptors (Lipinski definition) is 4. The zero-order chi connectivity index (χ0) is 13.4. The van der Waals surface area contributed by atoms with Crippen LogP contribution in [0.25, 0.3) is 11.3 Å². The Morgan fingerprint density at radius 1 is 1.53 bits per heavy atom. The van der Waals surface area contributed by atoms with Crippen LogP contribution >= 0.6 is 0 Å². The summed E-state index contributed by atoms with van der Waals surface area (Å²) in [7, 11) is 1.80. The summed E-state index contributed by atoms with van der Waals surface area (Å²) in [5, 5.41) is 21.1. The van der Waals surface area contributed by atoms with Crippen LogP contribution in [-0.4, -0.2) is 35.9 Å². The molecule has 19 heavy (non-hydrogen) atoms. The van der Waals surface area contributed by atoms with Gasteiger partial charge >= 0.3 is 5.97 Å². The molecular weight excluding hydrogens is 246 g/mol. The first-order valence-corrected chi connectivity index (χ1v) is 6.31. The molecule has 0 amide bonds. The molecule has 100 valence electrons. The van der Waals surface area contributed by atoms with Gasteiger partial charge in [0.25, 0.3) is 0 Å². The van der Waals surface area contributed by atoms with Crippen LogP contribution in [0.5, 0.6) is 0 Å². The highest BCUT2D eigenvalue weighted by Gasteiger charge is 2.25. The molecule has 0 aliphatic heterocycles. The Morgan fingerprint density at radius 2 is 2.32 bits per heavy atom. The van der Waals surface area contributed by atoms with Gasteiger partial charge < -0.3 is 5.11 Å². The second-order valence-electron chi connectivity index (χ2n) is 4.97. The summed E-state index contributed by atoms with van der Waals surface area (Å²) in [6.07, 6.45) is 7.02. The normalized spacial score (nSPS) is 15.4. The van der Waals surface area contributed by atoms with E-state index in [1.807, 2.05) is 0 Å². The third-order valence-electron chi connectivity index (χ3n) is 3.57. The van der Waals surface area contributed by atoms with Gasteiger partial charge in [0, 0.05) is 25.4 Å². The minimum absolute atomic E-state index is 0.00711. The molecule has 2 aromatic rings. The van der Waals surface area contributed by atoms with Crippen molar-refractivity contribution in [2.45, 2.75) is 25.8 Å². The molecule has 3 rings (SSSR count). The Kier molecular flexibility index (Phi) is 2.81. The summed E-state index contributed by atoms with van der Waals surface area (Å²) in [5.74, 6) is -0.475. The summed E-state index contributed by atoms with van der Waals surface area (Å²) >= 11 is 0. The van der Waals surface area contributed by atoms with Crippen molar-refractivity contribution in [2.24, 2.45) is 13.0 Å². The van der Waals surface area contributed by atoms with Gasteiger partial charge in [0.05, 0.1) is 6.20 Å². The lowest BCUT2D eigenvalue weighted by Gasteiger charge is -2.25. The number of carboxylic acid groups (broad SMARTS) is 1. The lowest BCUT2D eigenvalue weighted by Crippen LogP contribution is -2.19. The Balaban J connectivity index is 2.01. The molecule has 0 atom stereocenters. The predicted molar refractivity (Wildman–Crippen MR) is 66.5 cm³/mol. The number of rotatable bonds is 4. The van der Waals surface area contributed by atoms with E-state index in [2.05, 4.69) is 15.4 Å². The number of hydrogen-bond donors (Lipinski definition) is 1. The van der Waals surface area contributed by atoms with E-state index in [1.54, 1.807) is 28.8 Å². The zero-order valence-corrected chi connectivity index (χ0v) is 10.7. The van der Waals surface area contributed by atoms with Gasteiger partial charge in [-0.15, -0.1) is 5.10 Å². The minimum Gasteiger partial charge on any atom is -0.476 e. The number of aromatic carboxylic acids is 1. The summed E-state index contributed by atoms with van der Waals surface area (Å²) < 4.78 is 3.34. The quantitative estimate of drug-likeness (QED) is 0.893. The minimum atomic E-state index is -1.06. The highest BCUT2D eigenvalue weighted by Crippen LogP contribution is 2.30. The van der Waals surface area contributed by atoms with Gasteiger partial charge in [0.15, 0.2) is 5.69 Å². The molecule has 0 saturated heterocycles. The van der Waals surface area contributed by atoms with Gasteiger partial charge in [-0.2, -0.15) is 5.10 Å². The molecule has 2 heterocycles. The van der Waals surface area contributed by atoms with Crippen molar-refractivity contribution in [1.82, 2.24) is 24.8 Å². The standard InChI is InChI=1S/C12H15N5O2/c1-16-7-9(5-13-16)11-10(12(18)19)14-15-17(11)6-8-3-2-4-8/h5,7-8H,2-4,6H2,1H3,(H,18,19). The Hall–Kier alpha value is -2.18. The average molecular weight is 261 g/mol. The molecule has 2 aromatic heterocycles. The fraction of sp³-hybridized carbons (Fsp3) is 0.500. The second kappa shape index (κ2) is 4.49. The maximum atomic E-state index is 11.2. The van der Waals surface area contributed by atoms with Crippen LogP contribution < -0.4 is 0 Å². The molecule has 7 heteroatoms. The lowest BCUT2D eigenvalue weighted by molar-refractivity contribution is 0.0691. The summed E-state index contributed by atoms with van der Waals surface area (Å²) in [5.41, 5.74) is 1.28. The van der Waals surface area contributed by atoms with Crippen molar-refractivity contribution >= 4 is 5.97 Å². The maximum absolute atomic E-state index is 11.2. The molecule has 0 spiro atoms.